The first-order valence-corrected chi connectivity index (χ1v) is 11.8. The van der Waals surface area contributed by atoms with Crippen molar-refractivity contribution in [2.45, 2.75) is 43.7 Å². The molecule has 0 radical (unpaired) electrons. The molecule has 0 spiro atoms. The first-order chi connectivity index (χ1) is 14.5. The van der Waals surface area contributed by atoms with Crippen molar-refractivity contribution in [2.75, 3.05) is 18.4 Å². The maximum Gasteiger partial charge on any atom is 0.244 e. The molecule has 1 unspecified atom stereocenters. The number of aromatic nitrogens is 3. The second kappa shape index (κ2) is 8.97. The van der Waals surface area contributed by atoms with Gasteiger partial charge in [0.1, 0.15) is 10.7 Å². The third-order valence-electron chi connectivity index (χ3n) is 5.39. The highest BCUT2D eigenvalue weighted by molar-refractivity contribution is 7.89. The van der Waals surface area contributed by atoms with Gasteiger partial charge in [-0.2, -0.15) is 9.40 Å². The van der Waals surface area contributed by atoms with E-state index in [1.807, 2.05) is 42.2 Å². The number of hydrogen-bond donors (Lipinski definition) is 1. The van der Waals surface area contributed by atoms with Gasteiger partial charge in [0.2, 0.25) is 10.0 Å². The van der Waals surface area contributed by atoms with Gasteiger partial charge in [-0.25, -0.2) is 13.4 Å². The quantitative estimate of drug-likeness (QED) is 0.625. The summed E-state index contributed by atoms with van der Waals surface area (Å²) >= 11 is 0. The maximum atomic E-state index is 12.7. The van der Waals surface area contributed by atoms with Crippen LogP contribution in [0.4, 0.5) is 5.82 Å². The summed E-state index contributed by atoms with van der Waals surface area (Å²) in [4.78, 5) is 4.58. The maximum absolute atomic E-state index is 12.7. The molecule has 2 aromatic heterocycles. The zero-order valence-electron chi connectivity index (χ0n) is 17.1. The minimum absolute atomic E-state index is 0.00780. The van der Waals surface area contributed by atoms with Gasteiger partial charge in [0.05, 0.1) is 18.8 Å². The Kier molecular flexibility index (Phi) is 6.15. The molecule has 1 aliphatic rings. The van der Waals surface area contributed by atoms with Gasteiger partial charge >= 0.3 is 0 Å². The van der Waals surface area contributed by atoms with Gasteiger partial charge in [0.15, 0.2) is 0 Å². The summed E-state index contributed by atoms with van der Waals surface area (Å²) in [6.45, 7) is 3.93. The molecule has 30 heavy (non-hydrogen) atoms. The van der Waals surface area contributed by atoms with Crippen molar-refractivity contribution in [1.29, 1.82) is 0 Å². The normalized spacial score (nSPS) is 16.3. The van der Waals surface area contributed by atoms with Gasteiger partial charge < -0.3 is 5.32 Å². The van der Waals surface area contributed by atoms with E-state index in [0.717, 1.165) is 31.4 Å². The van der Waals surface area contributed by atoms with Crippen molar-refractivity contribution >= 4 is 15.8 Å². The molecule has 3 aromatic rings. The number of nitrogens with one attached hydrogen (secondary N) is 1. The van der Waals surface area contributed by atoms with Crippen LogP contribution in [0.2, 0.25) is 0 Å². The van der Waals surface area contributed by atoms with Gasteiger partial charge in [-0.1, -0.05) is 36.8 Å². The molecule has 8 heteroatoms. The summed E-state index contributed by atoms with van der Waals surface area (Å²) in [5.41, 5.74) is 2.23. The number of anilines is 1. The highest BCUT2D eigenvalue weighted by Gasteiger charge is 2.26. The van der Waals surface area contributed by atoms with Crippen molar-refractivity contribution in [2.24, 2.45) is 0 Å². The van der Waals surface area contributed by atoms with Crippen molar-refractivity contribution in [3.8, 4) is 0 Å². The Morgan fingerprint density at radius 3 is 2.50 bits per heavy atom. The lowest BCUT2D eigenvalue weighted by molar-refractivity contribution is 0.346. The number of piperidine rings is 1. The third-order valence-corrected chi connectivity index (χ3v) is 7.28. The lowest BCUT2D eigenvalue weighted by Crippen LogP contribution is -2.35. The average molecular weight is 426 g/mol. The van der Waals surface area contributed by atoms with Crippen LogP contribution in [0, 0.1) is 0 Å². The molecule has 3 heterocycles. The van der Waals surface area contributed by atoms with Crippen LogP contribution in [0.5, 0.6) is 0 Å². The van der Waals surface area contributed by atoms with Crippen molar-refractivity contribution in [1.82, 2.24) is 19.1 Å². The molecular weight excluding hydrogens is 398 g/mol. The van der Waals surface area contributed by atoms with Crippen molar-refractivity contribution in [3.63, 3.8) is 0 Å². The number of pyridine rings is 1. The van der Waals surface area contributed by atoms with Crippen molar-refractivity contribution in [3.05, 3.63) is 72.2 Å². The van der Waals surface area contributed by atoms with Gasteiger partial charge in [-0.05, 0) is 37.5 Å². The van der Waals surface area contributed by atoms with E-state index < -0.39 is 10.0 Å². The fraction of sp³-hybridized carbons (Fsp3) is 0.364. The second-order valence-corrected chi connectivity index (χ2v) is 9.60. The minimum atomic E-state index is -3.46. The smallest absolute Gasteiger partial charge is 0.244 e. The minimum Gasteiger partial charge on any atom is -0.363 e. The molecule has 0 bridgehead atoms. The molecular formula is C22H27N5O2S. The molecule has 0 aliphatic carbocycles. The second-order valence-electron chi connectivity index (χ2n) is 7.67. The van der Waals surface area contributed by atoms with E-state index in [-0.39, 0.29) is 10.9 Å². The molecule has 1 saturated heterocycles. The van der Waals surface area contributed by atoms with Crippen LogP contribution in [0.25, 0.3) is 0 Å². The highest BCUT2D eigenvalue weighted by Crippen LogP contribution is 2.22. The number of benzene rings is 1. The molecule has 158 valence electrons. The molecule has 0 amide bonds. The van der Waals surface area contributed by atoms with Crippen LogP contribution >= 0.6 is 0 Å². The Bertz CT molecular complexity index is 1060. The SMILES string of the molecule is CC(Nc1ccc(S(=O)(=O)N2CCCCC2)cn1)c1cnn(Cc2ccccc2)c1. The lowest BCUT2D eigenvalue weighted by atomic mass is 10.2. The van der Waals surface area contributed by atoms with Crippen LogP contribution in [-0.4, -0.2) is 40.6 Å². The van der Waals surface area contributed by atoms with Crippen LogP contribution in [0.15, 0.2) is 66.0 Å². The topological polar surface area (TPSA) is 80.1 Å². The number of hydrogen-bond acceptors (Lipinski definition) is 5. The van der Waals surface area contributed by atoms with Crippen LogP contribution in [-0.2, 0) is 16.6 Å². The summed E-state index contributed by atoms with van der Waals surface area (Å²) in [5.74, 6) is 0.635. The Morgan fingerprint density at radius 1 is 1.03 bits per heavy atom. The van der Waals surface area contributed by atoms with E-state index in [2.05, 4.69) is 27.5 Å². The van der Waals surface area contributed by atoms with Crippen LogP contribution in [0.3, 0.4) is 0 Å². The van der Waals surface area contributed by atoms with Crippen molar-refractivity contribution < 1.29 is 8.42 Å². The summed E-state index contributed by atoms with van der Waals surface area (Å²) in [6.07, 6.45) is 8.23. The van der Waals surface area contributed by atoms with E-state index >= 15 is 0 Å². The molecule has 1 aliphatic heterocycles. The van der Waals surface area contributed by atoms with E-state index in [1.165, 1.54) is 11.8 Å². The Hall–Kier alpha value is -2.71. The Morgan fingerprint density at radius 2 is 1.80 bits per heavy atom. The fourth-order valence-corrected chi connectivity index (χ4v) is 5.10. The lowest BCUT2D eigenvalue weighted by Gasteiger charge is -2.25. The number of nitrogens with zero attached hydrogens (tertiary/aromatic N) is 4. The summed E-state index contributed by atoms with van der Waals surface area (Å²) in [5, 5.41) is 7.76. The zero-order chi connectivity index (χ0) is 21.0. The highest BCUT2D eigenvalue weighted by atomic mass is 32.2. The first-order valence-electron chi connectivity index (χ1n) is 10.3. The zero-order valence-corrected chi connectivity index (χ0v) is 17.9. The summed E-state index contributed by atoms with van der Waals surface area (Å²) in [7, 11) is -3.46. The largest absolute Gasteiger partial charge is 0.363 e. The Balaban J connectivity index is 1.40. The van der Waals surface area contributed by atoms with E-state index in [0.29, 0.717) is 18.9 Å². The first kappa shape index (κ1) is 20.6. The fourth-order valence-electron chi connectivity index (χ4n) is 3.64. The van der Waals surface area contributed by atoms with Gasteiger partial charge in [0, 0.05) is 31.0 Å². The average Bonchev–Trinajstić information content (AvgIpc) is 3.24. The molecule has 7 nitrogen and oxygen atoms in total. The van der Waals surface area contributed by atoms with Crippen LogP contribution < -0.4 is 5.32 Å². The van der Waals surface area contributed by atoms with Crippen LogP contribution in [0.1, 0.15) is 43.4 Å². The third kappa shape index (κ3) is 4.71. The monoisotopic (exact) mass is 425 g/mol. The molecule has 1 fully saturated rings. The summed E-state index contributed by atoms with van der Waals surface area (Å²) in [6, 6.07) is 13.5. The molecule has 4 rings (SSSR count). The number of rotatable bonds is 7. The molecule has 0 saturated carbocycles. The Labute approximate surface area is 177 Å². The van der Waals surface area contributed by atoms with Gasteiger partial charge in [-0.3, -0.25) is 4.68 Å². The summed E-state index contributed by atoms with van der Waals surface area (Å²) < 4.78 is 29.0. The van der Waals surface area contributed by atoms with E-state index in [9.17, 15) is 8.42 Å². The standard InChI is InChI=1S/C22H27N5O2S/c1-18(20-14-24-26(17-20)16-19-8-4-2-5-9-19)25-22-11-10-21(15-23-22)30(28,29)27-12-6-3-7-13-27/h2,4-5,8-11,14-15,17-18H,3,6-7,12-13,16H2,1H3,(H,23,25). The molecule has 1 N–H and O–H groups in total. The predicted octanol–water partition coefficient (Wildman–Crippen LogP) is 3.67. The molecule has 1 aromatic carbocycles. The number of sulfonamides is 1. The van der Waals surface area contributed by atoms with E-state index in [1.54, 1.807) is 16.4 Å². The van der Waals surface area contributed by atoms with Gasteiger partial charge in [0.25, 0.3) is 0 Å². The predicted molar refractivity (Wildman–Crippen MR) is 117 cm³/mol. The van der Waals surface area contributed by atoms with Gasteiger partial charge in [-0.15, -0.1) is 0 Å². The molecule has 1 atom stereocenters. The van der Waals surface area contributed by atoms with E-state index in [4.69, 9.17) is 0 Å².